The first-order valence-corrected chi connectivity index (χ1v) is 8.24. The van der Waals surface area contributed by atoms with Gasteiger partial charge in [0.15, 0.2) is 11.9 Å². The summed E-state index contributed by atoms with van der Waals surface area (Å²) < 4.78 is 7.03. The second kappa shape index (κ2) is 7.91. The number of aromatic nitrogens is 4. The molecule has 1 aliphatic rings. The first-order chi connectivity index (χ1) is 12.6. The zero-order chi connectivity index (χ0) is 18.5. The summed E-state index contributed by atoms with van der Waals surface area (Å²) in [5.74, 6) is 0.356. The number of rotatable bonds is 4. The SMILES string of the molecule is CN(C)C(=O)[C@H]1CN(C(=O)NCc2nnnn2-c2ccccc2)CCO1. The standard InChI is InChI=1S/C16H21N7O3/c1-21(2)15(24)13-11-22(8-9-26-13)16(25)17-10-14-18-19-20-23(14)12-6-4-3-5-7-12/h3-7,13H,8-11H2,1-2H3,(H,17,25)/t13-/m1/s1. The molecule has 1 atom stereocenters. The number of ether oxygens (including phenoxy) is 1. The van der Waals surface area contributed by atoms with Crippen LogP contribution in [0.25, 0.3) is 5.69 Å². The topological polar surface area (TPSA) is 105 Å². The zero-order valence-electron chi connectivity index (χ0n) is 14.7. The van der Waals surface area contributed by atoms with Gasteiger partial charge in [0.05, 0.1) is 25.4 Å². The smallest absolute Gasteiger partial charge is 0.317 e. The van der Waals surface area contributed by atoms with E-state index in [1.54, 1.807) is 23.7 Å². The van der Waals surface area contributed by atoms with Crippen molar-refractivity contribution in [2.45, 2.75) is 12.6 Å². The van der Waals surface area contributed by atoms with Crippen LogP contribution >= 0.6 is 0 Å². The Morgan fingerprint density at radius 3 is 2.81 bits per heavy atom. The third-order valence-electron chi connectivity index (χ3n) is 4.00. The fourth-order valence-electron chi connectivity index (χ4n) is 2.62. The second-order valence-electron chi connectivity index (χ2n) is 6.04. The first kappa shape index (κ1) is 17.8. The van der Waals surface area contributed by atoms with E-state index in [1.807, 2.05) is 30.3 Å². The van der Waals surface area contributed by atoms with Crippen molar-refractivity contribution in [3.05, 3.63) is 36.2 Å². The Morgan fingerprint density at radius 1 is 1.31 bits per heavy atom. The molecule has 1 fully saturated rings. The number of carbonyl (C=O) groups excluding carboxylic acids is 2. The van der Waals surface area contributed by atoms with Crippen LogP contribution in [0.15, 0.2) is 30.3 Å². The maximum Gasteiger partial charge on any atom is 0.317 e. The molecule has 2 aromatic rings. The van der Waals surface area contributed by atoms with E-state index in [9.17, 15) is 9.59 Å². The van der Waals surface area contributed by atoms with E-state index in [0.717, 1.165) is 5.69 Å². The summed E-state index contributed by atoms with van der Waals surface area (Å²) in [4.78, 5) is 27.5. The number of tetrazole rings is 1. The Morgan fingerprint density at radius 2 is 2.08 bits per heavy atom. The number of urea groups is 1. The molecule has 0 bridgehead atoms. The molecular formula is C16H21N7O3. The third kappa shape index (κ3) is 3.97. The molecule has 2 heterocycles. The van der Waals surface area contributed by atoms with Crippen molar-refractivity contribution in [1.82, 2.24) is 35.3 Å². The maximum atomic E-state index is 12.4. The van der Waals surface area contributed by atoms with Crippen molar-refractivity contribution < 1.29 is 14.3 Å². The number of hydrogen-bond donors (Lipinski definition) is 1. The van der Waals surface area contributed by atoms with E-state index in [4.69, 9.17) is 4.74 Å². The van der Waals surface area contributed by atoms with Crippen molar-refractivity contribution in [1.29, 1.82) is 0 Å². The largest absolute Gasteiger partial charge is 0.365 e. The monoisotopic (exact) mass is 359 g/mol. The Bertz CT molecular complexity index is 762. The van der Waals surface area contributed by atoms with Crippen LogP contribution < -0.4 is 5.32 Å². The predicted octanol–water partition coefficient (Wildman–Crippen LogP) is -0.339. The number of hydrogen-bond acceptors (Lipinski definition) is 6. The molecule has 1 saturated heterocycles. The van der Waals surface area contributed by atoms with Crippen LogP contribution in [0.3, 0.4) is 0 Å². The highest BCUT2D eigenvalue weighted by Gasteiger charge is 2.30. The van der Waals surface area contributed by atoms with Gasteiger partial charge in [0, 0.05) is 20.6 Å². The molecular weight excluding hydrogens is 338 g/mol. The van der Waals surface area contributed by atoms with Crippen molar-refractivity contribution in [3.63, 3.8) is 0 Å². The third-order valence-corrected chi connectivity index (χ3v) is 4.00. The Labute approximate surface area is 150 Å². The van der Waals surface area contributed by atoms with Gasteiger partial charge in [0.1, 0.15) is 0 Å². The van der Waals surface area contributed by atoms with Crippen LogP contribution in [0.2, 0.25) is 0 Å². The van der Waals surface area contributed by atoms with Gasteiger partial charge in [-0.2, -0.15) is 4.68 Å². The zero-order valence-corrected chi connectivity index (χ0v) is 14.7. The Kier molecular flexibility index (Phi) is 5.42. The molecule has 138 valence electrons. The number of benzene rings is 1. The number of carbonyl (C=O) groups is 2. The van der Waals surface area contributed by atoms with Gasteiger partial charge < -0.3 is 19.9 Å². The number of likely N-dealkylation sites (N-methyl/N-ethyl adjacent to an activating group) is 1. The first-order valence-electron chi connectivity index (χ1n) is 8.24. The molecule has 10 heteroatoms. The molecule has 0 saturated carbocycles. The van der Waals surface area contributed by atoms with Gasteiger partial charge in [-0.05, 0) is 22.6 Å². The van der Waals surface area contributed by atoms with E-state index in [0.29, 0.717) is 19.0 Å². The minimum atomic E-state index is -0.640. The fourth-order valence-corrected chi connectivity index (χ4v) is 2.62. The van der Waals surface area contributed by atoms with Crippen molar-refractivity contribution in [3.8, 4) is 5.69 Å². The van der Waals surface area contributed by atoms with Gasteiger partial charge in [0.2, 0.25) is 0 Å². The summed E-state index contributed by atoms with van der Waals surface area (Å²) in [5.41, 5.74) is 0.810. The van der Waals surface area contributed by atoms with Gasteiger partial charge in [-0.25, -0.2) is 4.79 Å². The molecule has 3 amide bonds. The minimum absolute atomic E-state index is 0.157. The maximum absolute atomic E-state index is 12.4. The fraction of sp³-hybridized carbons (Fsp3) is 0.438. The molecule has 1 N–H and O–H groups in total. The Balaban J connectivity index is 1.60. The molecule has 10 nitrogen and oxygen atoms in total. The molecule has 0 aliphatic carbocycles. The predicted molar refractivity (Wildman–Crippen MR) is 91.4 cm³/mol. The van der Waals surface area contributed by atoms with Crippen molar-refractivity contribution in [2.75, 3.05) is 33.8 Å². The number of amides is 3. The van der Waals surface area contributed by atoms with E-state index < -0.39 is 6.10 Å². The molecule has 26 heavy (non-hydrogen) atoms. The molecule has 0 spiro atoms. The van der Waals surface area contributed by atoms with Gasteiger partial charge in [-0.3, -0.25) is 4.79 Å². The quantitative estimate of drug-likeness (QED) is 0.801. The number of nitrogens with zero attached hydrogens (tertiary/aromatic N) is 6. The highest BCUT2D eigenvalue weighted by molar-refractivity contribution is 5.82. The van der Waals surface area contributed by atoms with Crippen LogP contribution in [0.4, 0.5) is 4.79 Å². The van der Waals surface area contributed by atoms with E-state index in [2.05, 4.69) is 20.8 Å². The molecule has 1 aliphatic heterocycles. The second-order valence-corrected chi connectivity index (χ2v) is 6.04. The summed E-state index contributed by atoms with van der Waals surface area (Å²) in [6.45, 7) is 1.13. The normalized spacial score (nSPS) is 17.0. The van der Waals surface area contributed by atoms with Gasteiger partial charge in [0.25, 0.3) is 5.91 Å². The molecule has 0 unspecified atom stereocenters. The summed E-state index contributed by atoms with van der Waals surface area (Å²) in [5, 5.41) is 14.4. The number of nitrogens with one attached hydrogen (secondary N) is 1. The van der Waals surface area contributed by atoms with Crippen molar-refractivity contribution in [2.24, 2.45) is 0 Å². The molecule has 3 rings (SSSR count). The van der Waals surface area contributed by atoms with E-state index in [1.165, 1.54) is 4.90 Å². The number of para-hydroxylation sites is 1. The van der Waals surface area contributed by atoms with Gasteiger partial charge >= 0.3 is 6.03 Å². The lowest BCUT2D eigenvalue weighted by Crippen LogP contribution is -2.53. The summed E-state index contributed by atoms with van der Waals surface area (Å²) in [7, 11) is 3.32. The summed E-state index contributed by atoms with van der Waals surface area (Å²) in [6.07, 6.45) is -0.640. The Hall–Kier alpha value is -3.01. The lowest BCUT2D eigenvalue weighted by atomic mass is 10.2. The lowest BCUT2D eigenvalue weighted by Gasteiger charge is -2.33. The van der Waals surface area contributed by atoms with Crippen LogP contribution in [-0.2, 0) is 16.1 Å². The van der Waals surface area contributed by atoms with Crippen LogP contribution in [0.1, 0.15) is 5.82 Å². The molecule has 1 aromatic heterocycles. The average molecular weight is 359 g/mol. The lowest BCUT2D eigenvalue weighted by molar-refractivity contribution is -0.145. The average Bonchev–Trinajstić information content (AvgIpc) is 3.14. The summed E-state index contributed by atoms with van der Waals surface area (Å²) in [6, 6.07) is 9.14. The minimum Gasteiger partial charge on any atom is -0.365 e. The van der Waals surface area contributed by atoms with Crippen molar-refractivity contribution >= 4 is 11.9 Å². The highest BCUT2D eigenvalue weighted by atomic mass is 16.5. The van der Waals surface area contributed by atoms with Crippen LogP contribution in [-0.4, -0.2) is 81.8 Å². The summed E-state index contributed by atoms with van der Waals surface area (Å²) >= 11 is 0. The van der Waals surface area contributed by atoms with Gasteiger partial charge in [-0.1, -0.05) is 18.2 Å². The molecule has 0 radical (unpaired) electrons. The molecule has 1 aromatic carbocycles. The highest BCUT2D eigenvalue weighted by Crippen LogP contribution is 2.09. The van der Waals surface area contributed by atoms with Crippen LogP contribution in [0, 0.1) is 0 Å². The van der Waals surface area contributed by atoms with E-state index in [-0.39, 0.29) is 25.0 Å². The number of morpholine rings is 1. The van der Waals surface area contributed by atoms with Crippen LogP contribution in [0.5, 0.6) is 0 Å². The van der Waals surface area contributed by atoms with Gasteiger partial charge in [-0.15, -0.1) is 5.10 Å². The van der Waals surface area contributed by atoms with E-state index >= 15 is 0 Å².